The van der Waals surface area contributed by atoms with Crippen molar-refractivity contribution in [2.24, 2.45) is 0 Å². The number of hydrogen-bond donors (Lipinski definition) is 0. The summed E-state index contributed by atoms with van der Waals surface area (Å²) in [6.07, 6.45) is 0.00479. The van der Waals surface area contributed by atoms with Crippen molar-refractivity contribution < 1.29 is 86.5 Å². The van der Waals surface area contributed by atoms with E-state index in [-0.39, 0.29) is 82.0 Å². The molecule has 150 valence electrons. The number of rotatable bonds is 4. The van der Waals surface area contributed by atoms with E-state index >= 15 is 0 Å². The van der Waals surface area contributed by atoms with Crippen molar-refractivity contribution in [1.82, 2.24) is 4.90 Å². The summed E-state index contributed by atoms with van der Waals surface area (Å²) in [5.74, 6) is -2.48. The molecule has 3 rings (SSSR count). The summed E-state index contributed by atoms with van der Waals surface area (Å²) in [6, 6.07) is 6.80. The number of sulfonamides is 1. The number of alkyl halides is 3. The van der Waals surface area contributed by atoms with Gasteiger partial charge in [-0.25, -0.2) is 17.2 Å². The molecule has 0 bridgehead atoms. The van der Waals surface area contributed by atoms with Crippen LogP contribution in [-0.2, 0) is 23.0 Å². The van der Waals surface area contributed by atoms with Gasteiger partial charge in [-0.15, -0.1) is 5.69 Å². The van der Waals surface area contributed by atoms with Gasteiger partial charge >= 0.3 is 56.9 Å². The van der Waals surface area contributed by atoms with Crippen molar-refractivity contribution >= 4 is 21.6 Å². The van der Waals surface area contributed by atoms with E-state index in [2.05, 4.69) is 4.72 Å². The van der Waals surface area contributed by atoms with E-state index in [1.54, 1.807) is 0 Å². The van der Waals surface area contributed by atoms with E-state index in [1.807, 2.05) is 0 Å². The Hall–Kier alpha value is -1.05. The van der Waals surface area contributed by atoms with Crippen LogP contribution in [0.15, 0.2) is 36.4 Å². The van der Waals surface area contributed by atoms with Crippen LogP contribution in [0.3, 0.4) is 0 Å². The van der Waals surface area contributed by atoms with Gasteiger partial charge < -0.3 is 9.62 Å². The van der Waals surface area contributed by atoms with E-state index in [1.165, 1.54) is 18.2 Å². The molecule has 2 aromatic carbocycles. The number of halogens is 5. The molecule has 2 aromatic rings. The zero-order valence-electron chi connectivity index (χ0n) is 15.0. The third-order valence-electron chi connectivity index (χ3n) is 4.20. The van der Waals surface area contributed by atoms with E-state index in [0.29, 0.717) is 0 Å². The van der Waals surface area contributed by atoms with E-state index < -0.39 is 44.3 Å². The molecule has 1 aliphatic rings. The molecular weight excluding hydrogens is 446 g/mol. The quantitative estimate of drug-likeness (QED) is 0.508. The second kappa shape index (κ2) is 8.98. The van der Waals surface area contributed by atoms with E-state index in [9.17, 15) is 35.2 Å². The van der Waals surface area contributed by atoms with E-state index in [0.717, 1.165) is 23.1 Å². The summed E-state index contributed by atoms with van der Waals surface area (Å²) >= 11 is 0. The predicted molar refractivity (Wildman–Crippen MR) is 89.2 cm³/mol. The molecule has 0 spiro atoms. The van der Waals surface area contributed by atoms with Crippen LogP contribution < -0.4 is 51.4 Å². The molecule has 0 saturated heterocycles. The van der Waals surface area contributed by atoms with Crippen molar-refractivity contribution in [1.29, 1.82) is 0 Å². The minimum absolute atomic E-state index is 0. The summed E-state index contributed by atoms with van der Waals surface area (Å²) in [5, 5.41) is 0. The largest absolute Gasteiger partial charge is 1.00 e. The van der Waals surface area contributed by atoms with Crippen molar-refractivity contribution in [2.45, 2.75) is 18.5 Å². The Balaban J connectivity index is 0.00000300. The molecule has 0 N–H and O–H groups in total. The number of hydrogen-bond acceptors (Lipinski definition) is 3. The summed E-state index contributed by atoms with van der Waals surface area (Å²) < 4.78 is 91.0. The maximum Gasteiger partial charge on any atom is 1.00 e. The van der Waals surface area contributed by atoms with Crippen LogP contribution in [0.5, 0.6) is 0 Å². The first-order valence-corrected chi connectivity index (χ1v) is 9.33. The van der Waals surface area contributed by atoms with Gasteiger partial charge in [0, 0.05) is 18.7 Å². The topological polar surface area (TPSA) is 68.6 Å². The molecule has 1 amide bonds. The Labute approximate surface area is 205 Å². The predicted octanol–water partition coefficient (Wildman–Crippen LogP) is 1.02. The average molecular weight is 458 g/mol. The van der Waals surface area contributed by atoms with Crippen LogP contribution in [0, 0.1) is 11.6 Å². The van der Waals surface area contributed by atoms with Gasteiger partial charge in [-0.2, -0.15) is 13.2 Å². The molecule has 1 aliphatic heterocycles. The Morgan fingerprint density at radius 3 is 2.31 bits per heavy atom. The van der Waals surface area contributed by atoms with Gasteiger partial charge in [-0.05, 0) is 24.1 Å². The Kier molecular flexibility index (Phi) is 7.50. The van der Waals surface area contributed by atoms with E-state index in [4.69, 9.17) is 0 Å². The van der Waals surface area contributed by atoms with Crippen LogP contribution >= 0.6 is 0 Å². The number of nitrogens with zero attached hydrogens (tertiary/aromatic N) is 2. The monoisotopic (exact) mass is 458 g/mol. The summed E-state index contributed by atoms with van der Waals surface area (Å²) in [5.41, 5.74) is -6.55. The van der Waals surface area contributed by atoms with Crippen LogP contribution in [0.2, 0.25) is 0 Å². The first-order valence-electron chi connectivity index (χ1n) is 7.89. The summed E-state index contributed by atoms with van der Waals surface area (Å²) in [4.78, 5) is 13.6. The van der Waals surface area contributed by atoms with Crippen LogP contribution in [-0.4, -0.2) is 31.3 Å². The number of carbonyl (C=O) groups excluding carboxylic acids is 1. The standard InChI is InChI=1S/C17H12F5N2O3S.K/c18-12-5-6-13(19)15-11(12)7-8-24(16(15)25)9-10-3-1-2-4-14(10)23-28(26,27)17(20,21)22;/h1-6H,7-9H2;/q-1;+1. The molecular formula is C17H12F5KN2O3S. The molecule has 0 atom stereocenters. The maximum atomic E-state index is 14.0. The Morgan fingerprint density at radius 2 is 1.66 bits per heavy atom. The second-order valence-corrected chi connectivity index (χ2v) is 7.60. The molecule has 12 heteroatoms. The number of carbonyl (C=O) groups is 1. The third kappa shape index (κ3) is 4.99. The number of amides is 1. The van der Waals surface area contributed by atoms with Gasteiger partial charge in [0.1, 0.15) is 11.6 Å². The number of benzene rings is 2. The molecule has 1 heterocycles. The molecule has 5 nitrogen and oxygen atoms in total. The first-order chi connectivity index (χ1) is 13.0. The minimum Gasteiger partial charge on any atom is -0.569 e. The smallest absolute Gasteiger partial charge is 0.569 e. The van der Waals surface area contributed by atoms with Crippen LogP contribution in [0.4, 0.5) is 27.6 Å². The van der Waals surface area contributed by atoms with Gasteiger partial charge in [0.2, 0.25) is 0 Å². The Morgan fingerprint density at radius 1 is 1.03 bits per heavy atom. The van der Waals surface area contributed by atoms with Crippen molar-refractivity contribution in [3.05, 3.63) is 69.4 Å². The fourth-order valence-electron chi connectivity index (χ4n) is 2.85. The van der Waals surface area contributed by atoms with Gasteiger partial charge in [-0.3, -0.25) is 4.79 Å². The minimum atomic E-state index is -5.78. The summed E-state index contributed by atoms with van der Waals surface area (Å²) in [6.45, 7) is -0.339. The molecule has 0 fully saturated rings. The zero-order chi connectivity index (χ0) is 20.7. The van der Waals surface area contributed by atoms with Crippen LogP contribution in [0.1, 0.15) is 21.5 Å². The maximum absolute atomic E-state index is 14.0. The molecule has 0 aromatic heterocycles. The molecule has 0 radical (unpaired) electrons. The van der Waals surface area contributed by atoms with Gasteiger partial charge in [-0.1, -0.05) is 24.3 Å². The fourth-order valence-corrected chi connectivity index (χ4v) is 3.39. The average Bonchev–Trinajstić information content (AvgIpc) is 2.60. The molecule has 29 heavy (non-hydrogen) atoms. The normalized spacial score (nSPS) is 14.2. The fraction of sp³-hybridized carbons (Fsp3) is 0.235. The Bertz CT molecular complexity index is 1040. The van der Waals surface area contributed by atoms with Gasteiger partial charge in [0.15, 0.2) is 10.0 Å². The van der Waals surface area contributed by atoms with Gasteiger partial charge in [0.25, 0.3) is 5.91 Å². The number of fused-ring (bicyclic) bond motifs is 1. The zero-order valence-corrected chi connectivity index (χ0v) is 18.9. The summed E-state index contributed by atoms with van der Waals surface area (Å²) in [7, 11) is -5.78. The molecule has 0 saturated carbocycles. The van der Waals surface area contributed by atoms with Crippen molar-refractivity contribution in [2.75, 3.05) is 6.54 Å². The molecule has 0 unspecified atom stereocenters. The third-order valence-corrected chi connectivity index (χ3v) is 5.22. The first kappa shape index (κ1) is 24.2. The molecule has 0 aliphatic carbocycles. The van der Waals surface area contributed by atoms with Crippen molar-refractivity contribution in [3.63, 3.8) is 0 Å². The van der Waals surface area contributed by atoms with Gasteiger partial charge in [0.05, 0.1) is 5.56 Å². The SMILES string of the molecule is O=C1c2c(F)ccc(F)c2CCN1Cc1ccccc1[N-]S(=O)(=O)C(F)(F)F.[K+]. The van der Waals surface area contributed by atoms with Crippen molar-refractivity contribution in [3.8, 4) is 0 Å². The second-order valence-electron chi connectivity index (χ2n) is 6.00. The van der Waals surface area contributed by atoms with Crippen LogP contribution in [0.25, 0.3) is 4.72 Å².